The van der Waals surface area contributed by atoms with Crippen molar-refractivity contribution in [2.24, 2.45) is 40.9 Å². The molecule has 0 aromatic rings. The van der Waals surface area contributed by atoms with Crippen LogP contribution in [0.15, 0.2) is 0 Å². The molecule has 3 aliphatic rings. The Hall–Kier alpha value is 0. The van der Waals surface area contributed by atoms with E-state index in [2.05, 4.69) is 27.7 Å². The summed E-state index contributed by atoms with van der Waals surface area (Å²) >= 11 is 0. The van der Waals surface area contributed by atoms with Crippen LogP contribution >= 0.6 is 0 Å². The van der Waals surface area contributed by atoms with Gasteiger partial charge in [-0.3, -0.25) is 0 Å². The van der Waals surface area contributed by atoms with Crippen molar-refractivity contribution in [2.75, 3.05) is 0 Å². The minimum absolute atomic E-state index is 0.699. The highest BCUT2D eigenvalue weighted by Crippen LogP contribution is 2.59. The van der Waals surface area contributed by atoms with Crippen molar-refractivity contribution in [1.29, 1.82) is 0 Å². The second-order valence-corrected chi connectivity index (χ2v) is 9.54. The van der Waals surface area contributed by atoms with E-state index in [1.165, 1.54) is 38.5 Å². The molecule has 0 aliphatic heterocycles. The maximum absolute atomic E-state index is 2.71. The second kappa shape index (κ2) is 6.25. The zero-order valence-corrected chi connectivity index (χ0v) is 15.0. The van der Waals surface area contributed by atoms with E-state index in [1.54, 1.807) is 25.7 Å². The van der Waals surface area contributed by atoms with E-state index in [4.69, 9.17) is 0 Å². The van der Waals surface area contributed by atoms with Gasteiger partial charge in [0.25, 0.3) is 0 Å². The normalized spacial score (nSPS) is 48.1. The van der Waals surface area contributed by atoms with Gasteiger partial charge in [-0.15, -0.1) is 0 Å². The van der Waals surface area contributed by atoms with Crippen molar-refractivity contribution in [1.82, 2.24) is 0 Å². The van der Waals surface area contributed by atoms with Crippen LogP contribution in [0.2, 0.25) is 0 Å². The van der Waals surface area contributed by atoms with Gasteiger partial charge in [0.1, 0.15) is 0 Å². The fraction of sp³-hybridized carbons (Fsp3) is 1.00. The second-order valence-electron chi connectivity index (χ2n) is 9.54. The highest BCUT2D eigenvalue weighted by molar-refractivity contribution is 4.99. The van der Waals surface area contributed by atoms with E-state index in [0.29, 0.717) is 5.41 Å². The third-order valence-corrected chi connectivity index (χ3v) is 8.05. The summed E-state index contributed by atoms with van der Waals surface area (Å²) in [5, 5.41) is 0. The van der Waals surface area contributed by atoms with Gasteiger partial charge in [-0.1, -0.05) is 47.0 Å². The number of fused-ring (bicyclic) bond motifs is 3. The quantitative estimate of drug-likeness (QED) is 0.504. The zero-order chi connectivity index (χ0) is 15.0. The smallest absolute Gasteiger partial charge is 0.0267 e. The molecule has 3 fully saturated rings. The lowest BCUT2D eigenvalue weighted by Gasteiger charge is -2.56. The molecule has 0 aromatic heterocycles. The molecule has 122 valence electrons. The molecular weight excluding hydrogens is 252 g/mol. The summed E-state index contributed by atoms with van der Waals surface area (Å²) in [7, 11) is 0. The molecule has 4 unspecified atom stereocenters. The van der Waals surface area contributed by atoms with Crippen LogP contribution in [0, 0.1) is 40.9 Å². The highest BCUT2D eigenvalue weighted by Gasteiger charge is 2.49. The van der Waals surface area contributed by atoms with Crippen molar-refractivity contribution in [2.45, 2.75) is 91.9 Å². The lowest BCUT2D eigenvalue weighted by Crippen LogP contribution is -2.47. The van der Waals surface area contributed by atoms with E-state index in [-0.39, 0.29) is 0 Å². The number of rotatable bonds is 1. The Morgan fingerprint density at radius 3 is 2.43 bits per heavy atom. The molecule has 0 amide bonds. The molecule has 3 saturated carbocycles. The van der Waals surface area contributed by atoms with Crippen LogP contribution < -0.4 is 0 Å². The van der Waals surface area contributed by atoms with Gasteiger partial charge in [0, 0.05) is 0 Å². The number of hydrogen-bond donors (Lipinski definition) is 0. The third kappa shape index (κ3) is 3.06. The molecule has 0 heterocycles. The van der Waals surface area contributed by atoms with Crippen molar-refractivity contribution in [3.63, 3.8) is 0 Å². The highest BCUT2D eigenvalue weighted by atomic mass is 14.5. The maximum atomic E-state index is 2.71. The molecule has 0 nitrogen and oxygen atoms in total. The molecule has 3 rings (SSSR count). The van der Waals surface area contributed by atoms with Crippen LogP contribution in [0.5, 0.6) is 0 Å². The molecule has 0 aromatic carbocycles. The number of hydrogen-bond acceptors (Lipinski definition) is 0. The topological polar surface area (TPSA) is 0 Å². The molecular formula is C21H38. The molecule has 0 N–H and O–H groups in total. The van der Waals surface area contributed by atoms with Crippen molar-refractivity contribution in [3.05, 3.63) is 0 Å². The predicted octanol–water partition coefficient (Wildman–Crippen LogP) is 6.69. The molecule has 0 radical (unpaired) electrons. The van der Waals surface area contributed by atoms with E-state index < -0.39 is 0 Å². The van der Waals surface area contributed by atoms with E-state index in [0.717, 1.165) is 35.5 Å². The minimum atomic E-state index is 0.699. The third-order valence-electron chi connectivity index (χ3n) is 8.05. The predicted molar refractivity (Wildman–Crippen MR) is 92.2 cm³/mol. The van der Waals surface area contributed by atoms with Crippen LogP contribution in [-0.2, 0) is 0 Å². The summed E-state index contributed by atoms with van der Waals surface area (Å²) in [6.07, 6.45) is 15.3. The largest absolute Gasteiger partial charge is 0.0625 e. The molecule has 0 spiro atoms. The molecule has 0 saturated heterocycles. The fourth-order valence-corrected chi connectivity index (χ4v) is 6.47. The van der Waals surface area contributed by atoms with Crippen molar-refractivity contribution >= 4 is 0 Å². The first kappa shape index (κ1) is 15.9. The van der Waals surface area contributed by atoms with Gasteiger partial charge >= 0.3 is 0 Å². The average Bonchev–Trinajstić information content (AvgIpc) is 2.44. The molecule has 21 heavy (non-hydrogen) atoms. The van der Waals surface area contributed by atoms with Gasteiger partial charge in [-0.05, 0) is 85.9 Å². The van der Waals surface area contributed by atoms with Gasteiger partial charge in [0.15, 0.2) is 0 Å². The summed E-state index contributed by atoms with van der Waals surface area (Å²) in [6, 6.07) is 0. The lowest BCUT2D eigenvalue weighted by atomic mass is 9.49. The van der Waals surface area contributed by atoms with E-state index in [9.17, 15) is 0 Å². The zero-order valence-electron chi connectivity index (χ0n) is 15.0. The SMILES string of the molecule is CC(C)C1CCC2C(CCC3CC[C@H](C)CCC[C@@]32C)C1. The van der Waals surface area contributed by atoms with Gasteiger partial charge in [-0.2, -0.15) is 0 Å². The Kier molecular flexibility index (Phi) is 4.72. The monoisotopic (exact) mass is 290 g/mol. The van der Waals surface area contributed by atoms with Gasteiger partial charge < -0.3 is 0 Å². The Bertz CT molecular complexity index is 344. The Labute approximate surface area is 133 Å². The summed E-state index contributed by atoms with van der Waals surface area (Å²) in [6.45, 7) is 10.1. The van der Waals surface area contributed by atoms with Crippen molar-refractivity contribution in [3.8, 4) is 0 Å². The van der Waals surface area contributed by atoms with Gasteiger partial charge in [0.2, 0.25) is 0 Å². The summed E-state index contributed by atoms with van der Waals surface area (Å²) in [4.78, 5) is 0. The minimum Gasteiger partial charge on any atom is -0.0625 e. The molecule has 0 heteroatoms. The maximum Gasteiger partial charge on any atom is -0.0267 e. The van der Waals surface area contributed by atoms with Crippen LogP contribution in [0.4, 0.5) is 0 Å². The molecule has 6 atom stereocenters. The first-order valence-electron chi connectivity index (χ1n) is 10.0. The van der Waals surface area contributed by atoms with Gasteiger partial charge in [0.05, 0.1) is 0 Å². The van der Waals surface area contributed by atoms with E-state index >= 15 is 0 Å². The molecule has 3 aliphatic carbocycles. The van der Waals surface area contributed by atoms with Gasteiger partial charge in [-0.25, -0.2) is 0 Å². The van der Waals surface area contributed by atoms with Crippen LogP contribution in [0.3, 0.4) is 0 Å². The molecule has 0 bridgehead atoms. The average molecular weight is 291 g/mol. The standard InChI is InChI=1S/C21H38/c1-15(2)17-9-12-20-18(14-17)8-11-19-10-7-16(3)6-5-13-21(19,20)4/h15-20H,5-14H2,1-4H3/t16-,17?,18?,19?,20?,21+/m1/s1. The Morgan fingerprint density at radius 2 is 1.67 bits per heavy atom. The first-order valence-corrected chi connectivity index (χ1v) is 10.0. The summed E-state index contributed by atoms with van der Waals surface area (Å²) < 4.78 is 0. The fourth-order valence-electron chi connectivity index (χ4n) is 6.47. The lowest BCUT2D eigenvalue weighted by molar-refractivity contribution is -0.0600. The van der Waals surface area contributed by atoms with Crippen molar-refractivity contribution < 1.29 is 0 Å². The summed E-state index contributed by atoms with van der Waals surface area (Å²) in [5.74, 6) is 6.12. The van der Waals surface area contributed by atoms with Crippen LogP contribution in [0.25, 0.3) is 0 Å². The van der Waals surface area contributed by atoms with Crippen LogP contribution in [0.1, 0.15) is 91.9 Å². The Morgan fingerprint density at radius 1 is 0.905 bits per heavy atom. The Balaban J connectivity index is 1.74. The summed E-state index contributed by atoms with van der Waals surface area (Å²) in [5.41, 5.74) is 0.699. The van der Waals surface area contributed by atoms with E-state index in [1.807, 2.05) is 0 Å². The first-order chi connectivity index (χ1) is 10.0. The van der Waals surface area contributed by atoms with Crippen LogP contribution in [-0.4, -0.2) is 0 Å².